The first-order chi connectivity index (χ1) is 7.65. The number of nitrogens with zero attached hydrogens (tertiary/aromatic N) is 2. The molecule has 2 rings (SSSR count). The second-order valence-corrected chi connectivity index (χ2v) is 4.39. The van der Waals surface area contributed by atoms with Crippen LogP contribution in [-0.2, 0) is 6.54 Å². The van der Waals surface area contributed by atoms with Gasteiger partial charge >= 0.3 is 0 Å². The van der Waals surface area contributed by atoms with Gasteiger partial charge in [0.2, 0.25) is 0 Å². The lowest BCUT2D eigenvalue weighted by Crippen LogP contribution is -2.11. The van der Waals surface area contributed by atoms with E-state index in [0.29, 0.717) is 6.54 Å². The molecule has 0 aliphatic rings. The molecule has 0 aliphatic heterocycles. The van der Waals surface area contributed by atoms with Crippen LogP contribution in [0, 0.1) is 5.41 Å². The van der Waals surface area contributed by atoms with E-state index in [1.54, 1.807) is 6.20 Å². The van der Waals surface area contributed by atoms with Crippen molar-refractivity contribution < 1.29 is 0 Å². The highest BCUT2D eigenvalue weighted by Crippen LogP contribution is 2.10. The fraction of sp³-hybridized carbons (Fsp3) is 0.0909. The Bertz CT molecular complexity index is 518. The third kappa shape index (κ3) is 2.49. The zero-order chi connectivity index (χ0) is 11.5. The normalized spacial score (nSPS) is 10.3. The number of benzene rings is 1. The van der Waals surface area contributed by atoms with Crippen LogP contribution in [0.25, 0.3) is 0 Å². The van der Waals surface area contributed by atoms with Crippen LogP contribution in [0.4, 0.5) is 0 Å². The molecular weight excluding hydrogens is 268 g/mol. The van der Waals surface area contributed by atoms with Crippen molar-refractivity contribution in [3.63, 3.8) is 0 Å². The topological polar surface area (TPSA) is 67.7 Å². The third-order valence-corrected chi connectivity index (χ3v) is 2.59. The molecule has 0 saturated heterocycles. The van der Waals surface area contributed by atoms with Crippen molar-refractivity contribution in [2.75, 3.05) is 0 Å². The number of rotatable bonds is 3. The van der Waals surface area contributed by atoms with Gasteiger partial charge in [-0.1, -0.05) is 18.2 Å². The first-order valence-corrected chi connectivity index (χ1v) is 5.56. The van der Waals surface area contributed by atoms with Crippen LogP contribution in [0.1, 0.15) is 11.1 Å². The molecule has 1 aromatic heterocycles. The summed E-state index contributed by atoms with van der Waals surface area (Å²) in [6.45, 7) is 0.673. The molecule has 1 heterocycles. The van der Waals surface area contributed by atoms with Gasteiger partial charge in [-0.2, -0.15) is 5.10 Å². The fourth-order valence-corrected chi connectivity index (χ4v) is 1.78. The third-order valence-electron chi connectivity index (χ3n) is 2.18. The number of nitrogens with two attached hydrogens (primary N) is 1. The minimum absolute atomic E-state index is 0.0866. The van der Waals surface area contributed by atoms with E-state index in [9.17, 15) is 0 Å². The second kappa shape index (κ2) is 4.49. The van der Waals surface area contributed by atoms with Gasteiger partial charge in [-0.3, -0.25) is 10.1 Å². The maximum absolute atomic E-state index is 7.36. The lowest BCUT2D eigenvalue weighted by molar-refractivity contribution is 0.686. The summed E-state index contributed by atoms with van der Waals surface area (Å²) in [7, 11) is 0. The highest BCUT2D eigenvalue weighted by Gasteiger charge is 2.00. The van der Waals surface area contributed by atoms with E-state index in [4.69, 9.17) is 11.1 Å². The van der Waals surface area contributed by atoms with Crippen molar-refractivity contribution in [1.82, 2.24) is 9.78 Å². The van der Waals surface area contributed by atoms with E-state index < -0.39 is 0 Å². The Kier molecular flexibility index (Phi) is 3.05. The van der Waals surface area contributed by atoms with Gasteiger partial charge in [0.25, 0.3) is 0 Å². The highest BCUT2D eigenvalue weighted by molar-refractivity contribution is 9.10. The van der Waals surface area contributed by atoms with Crippen LogP contribution in [-0.4, -0.2) is 15.6 Å². The molecule has 0 bridgehead atoms. The van der Waals surface area contributed by atoms with Gasteiger partial charge in [0, 0.05) is 11.8 Å². The van der Waals surface area contributed by atoms with Gasteiger partial charge in [-0.15, -0.1) is 0 Å². The molecule has 0 aliphatic carbocycles. The van der Waals surface area contributed by atoms with E-state index in [2.05, 4.69) is 21.0 Å². The number of aromatic nitrogens is 2. The van der Waals surface area contributed by atoms with Crippen LogP contribution >= 0.6 is 15.9 Å². The summed E-state index contributed by atoms with van der Waals surface area (Å²) in [5.41, 5.74) is 7.25. The predicted molar refractivity (Wildman–Crippen MR) is 66.5 cm³/mol. The van der Waals surface area contributed by atoms with E-state index in [1.807, 2.05) is 35.1 Å². The molecule has 82 valence electrons. The number of hydrogen-bond donors (Lipinski definition) is 2. The average Bonchev–Trinajstić information content (AvgIpc) is 2.64. The minimum atomic E-state index is 0.0866. The van der Waals surface area contributed by atoms with Gasteiger partial charge < -0.3 is 5.73 Å². The zero-order valence-corrected chi connectivity index (χ0v) is 10.1. The highest BCUT2D eigenvalue weighted by atomic mass is 79.9. The first-order valence-electron chi connectivity index (χ1n) is 4.76. The van der Waals surface area contributed by atoms with Crippen LogP contribution in [0.15, 0.2) is 41.1 Å². The SMILES string of the molecule is N=C(N)c1cccc(Cn2cc(Br)cn2)c1. The zero-order valence-electron chi connectivity index (χ0n) is 8.52. The summed E-state index contributed by atoms with van der Waals surface area (Å²) in [6, 6.07) is 7.61. The molecule has 0 spiro atoms. The maximum Gasteiger partial charge on any atom is 0.122 e. The van der Waals surface area contributed by atoms with E-state index in [-0.39, 0.29) is 5.84 Å². The number of nitrogen functional groups attached to an aromatic ring is 1. The lowest BCUT2D eigenvalue weighted by Gasteiger charge is -2.04. The molecule has 0 fully saturated rings. The van der Waals surface area contributed by atoms with Crippen molar-refractivity contribution in [2.45, 2.75) is 6.54 Å². The Labute approximate surface area is 102 Å². The molecule has 0 unspecified atom stereocenters. The second-order valence-electron chi connectivity index (χ2n) is 3.47. The van der Waals surface area contributed by atoms with Gasteiger partial charge in [-0.25, -0.2) is 0 Å². The summed E-state index contributed by atoms with van der Waals surface area (Å²) < 4.78 is 2.78. The van der Waals surface area contributed by atoms with E-state index >= 15 is 0 Å². The molecule has 2 aromatic rings. The van der Waals surface area contributed by atoms with E-state index in [0.717, 1.165) is 15.6 Å². The quantitative estimate of drug-likeness (QED) is 0.666. The Morgan fingerprint density at radius 1 is 1.50 bits per heavy atom. The van der Waals surface area contributed by atoms with Gasteiger partial charge in [0.15, 0.2) is 0 Å². The standard InChI is InChI=1S/C11H11BrN4/c12-10-5-15-16(7-10)6-8-2-1-3-9(4-8)11(13)14/h1-5,7H,6H2,(H3,13,14). The number of hydrogen-bond acceptors (Lipinski definition) is 2. The fourth-order valence-electron chi connectivity index (χ4n) is 1.45. The lowest BCUT2D eigenvalue weighted by atomic mass is 10.1. The summed E-state index contributed by atoms with van der Waals surface area (Å²) in [5.74, 6) is 0.0866. The molecule has 1 aromatic carbocycles. The Hall–Kier alpha value is -1.62. The van der Waals surface area contributed by atoms with Crippen LogP contribution in [0.3, 0.4) is 0 Å². The van der Waals surface area contributed by atoms with Crippen molar-refractivity contribution in [3.8, 4) is 0 Å². The number of amidine groups is 1. The van der Waals surface area contributed by atoms with Crippen molar-refractivity contribution in [3.05, 3.63) is 52.3 Å². The van der Waals surface area contributed by atoms with Crippen LogP contribution in [0.2, 0.25) is 0 Å². The van der Waals surface area contributed by atoms with Gasteiger partial charge in [0.1, 0.15) is 5.84 Å². The van der Waals surface area contributed by atoms with Crippen LogP contribution < -0.4 is 5.73 Å². The summed E-state index contributed by atoms with van der Waals surface area (Å²) >= 11 is 3.35. The molecule has 16 heavy (non-hydrogen) atoms. The predicted octanol–water partition coefficient (Wildman–Crippen LogP) is 1.98. The largest absolute Gasteiger partial charge is 0.384 e. The van der Waals surface area contributed by atoms with Crippen LogP contribution in [0.5, 0.6) is 0 Å². The average molecular weight is 279 g/mol. The first kappa shape index (κ1) is 10.9. The summed E-state index contributed by atoms with van der Waals surface area (Å²) in [6.07, 6.45) is 3.65. The van der Waals surface area contributed by atoms with Gasteiger partial charge in [0.05, 0.1) is 17.2 Å². The molecule has 3 N–H and O–H groups in total. The number of halogens is 1. The van der Waals surface area contributed by atoms with Crippen molar-refractivity contribution in [1.29, 1.82) is 5.41 Å². The van der Waals surface area contributed by atoms with Gasteiger partial charge in [-0.05, 0) is 27.6 Å². The van der Waals surface area contributed by atoms with Crippen molar-refractivity contribution in [2.24, 2.45) is 5.73 Å². The molecule has 0 atom stereocenters. The Morgan fingerprint density at radius 3 is 2.94 bits per heavy atom. The summed E-state index contributed by atoms with van der Waals surface area (Å²) in [4.78, 5) is 0. The maximum atomic E-state index is 7.36. The van der Waals surface area contributed by atoms with E-state index in [1.165, 1.54) is 0 Å². The molecule has 0 amide bonds. The smallest absolute Gasteiger partial charge is 0.122 e. The molecule has 4 nitrogen and oxygen atoms in total. The molecular formula is C11H11BrN4. The minimum Gasteiger partial charge on any atom is -0.384 e. The Balaban J connectivity index is 2.21. The number of nitrogens with one attached hydrogen (secondary N) is 1. The molecule has 0 saturated carbocycles. The molecule has 0 radical (unpaired) electrons. The summed E-state index contributed by atoms with van der Waals surface area (Å²) in [5, 5.41) is 11.5. The Morgan fingerprint density at radius 2 is 2.31 bits per heavy atom. The molecule has 5 heteroatoms. The monoisotopic (exact) mass is 278 g/mol. The van der Waals surface area contributed by atoms with Crippen molar-refractivity contribution >= 4 is 21.8 Å².